The van der Waals surface area contributed by atoms with Crippen LogP contribution in [0.3, 0.4) is 0 Å². The molecule has 0 aromatic rings. The Balaban J connectivity index is 3.39. The molecule has 0 spiro atoms. The fourth-order valence-electron chi connectivity index (χ4n) is 1.10. The molecule has 0 fully saturated rings. The number of rotatable bonds is 8. The second kappa shape index (κ2) is 8.16. The van der Waals surface area contributed by atoms with Gasteiger partial charge in [0.15, 0.2) is 0 Å². The maximum atomic E-state index is 9.93. The summed E-state index contributed by atoms with van der Waals surface area (Å²) in [6, 6.07) is 0. The van der Waals surface area contributed by atoms with Gasteiger partial charge in [0, 0.05) is 18.8 Å². The molecular formula is C11H21NOS. The Labute approximate surface area is 91.9 Å². The molecule has 0 atom stereocenters. The van der Waals surface area contributed by atoms with E-state index >= 15 is 0 Å². The predicted octanol–water partition coefficient (Wildman–Crippen LogP) is 1.49. The lowest BCUT2D eigenvalue weighted by atomic mass is 9.98. The lowest BCUT2D eigenvalue weighted by Gasteiger charge is -2.25. The second-order valence-electron chi connectivity index (χ2n) is 3.36. The summed E-state index contributed by atoms with van der Waals surface area (Å²) in [4.78, 5) is 0. The third kappa shape index (κ3) is 6.31. The minimum Gasteiger partial charge on any atom is -0.389 e. The van der Waals surface area contributed by atoms with Gasteiger partial charge < -0.3 is 10.4 Å². The molecule has 0 bridgehead atoms. The Hall–Kier alpha value is -0.170. The summed E-state index contributed by atoms with van der Waals surface area (Å²) >= 11 is 1.74. The highest BCUT2D eigenvalue weighted by Gasteiger charge is 2.20. The molecule has 0 amide bonds. The molecule has 14 heavy (non-hydrogen) atoms. The summed E-state index contributed by atoms with van der Waals surface area (Å²) in [6.07, 6.45) is 6.72. The van der Waals surface area contributed by atoms with Crippen LogP contribution in [-0.4, -0.2) is 35.3 Å². The number of hydrogen-bond acceptors (Lipinski definition) is 3. The molecule has 0 radical (unpaired) electrons. The first-order chi connectivity index (χ1) is 6.68. The van der Waals surface area contributed by atoms with Crippen molar-refractivity contribution in [3.05, 3.63) is 0 Å². The van der Waals surface area contributed by atoms with Gasteiger partial charge in [-0.15, -0.1) is 18.2 Å². The molecule has 0 saturated carbocycles. The van der Waals surface area contributed by atoms with Gasteiger partial charge in [-0.3, -0.25) is 0 Å². The lowest BCUT2D eigenvalue weighted by Crippen LogP contribution is -2.40. The number of thioether (sulfide) groups is 1. The molecule has 0 aliphatic heterocycles. The molecule has 0 rings (SSSR count). The minimum atomic E-state index is -0.531. The van der Waals surface area contributed by atoms with Gasteiger partial charge in [-0.2, -0.15) is 0 Å². The van der Waals surface area contributed by atoms with E-state index in [9.17, 15) is 5.11 Å². The van der Waals surface area contributed by atoms with Crippen molar-refractivity contribution in [1.29, 1.82) is 0 Å². The van der Waals surface area contributed by atoms with E-state index in [2.05, 4.69) is 11.2 Å². The Bertz CT molecular complexity index is 173. The molecule has 0 aromatic heterocycles. The van der Waals surface area contributed by atoms with Crippen LogP contribution in [0.4, 0.5) is 0 Å². The SMILES string of the molecule is C#CCSCCNCC(O)(CC)CC. The summed E-state index contributed by atoms with van der Waals surface area (Å²) in [5.74, 6) is 4.36. The second-order valence-corrected chi connectivity index (χ2v) is 4.47. The molecule has 3 heteroatoms. The zero-order chi connectivity index (χ0) is 10.9. The summed E-state index contributed by atoms with van der Waals surface area (Å²) in [7, 11) is 0. The van der Waals surface area contributed by atoms with E-state index in [0.29, 0.717) is 6.54 Å². The molecule has 2 nitrogen and oxygen atoms in total. The van der Waals surface area contributed by atoms with E-state index in [0.717, 1.165) is 30.9 Å². The van der Waals surface area contributed by atoms with Gasteiger partial charge in [-0.1, -0.05) is 19.8 Å². The zero-order valence-corrected chi connectivity index (χ0v) is 9.99. The van der Waals surface area contributed by atoms with E-state index in [4.69, 9.17) is 6.42 Å². The standard InChI is InChI=1S/C11H21NOS/c1-4-8-14-9-7-12-10-11(13,5-2)6-3/h1,12-13H,5-10H2,2-3H3. The number of hydrogen-bond donors (Lipinski definition) is 2. The van der Waals surface area contributed by atoms with E-state index < -0.39 is 5.60 Å². The third-order valence-electron chi connectivity index (χ3n) is 2.38. The molecule has 0 aliphatic rings. The van der Waals surface area contributed by atoms with Crippen molar-refractivity contribution in [1.82, 2.24) is 5.32 Å². The monoisotopic (exact) mass is 215 g/mol. The topological polar surface area (TPSA) is 32.3 Å². The highest BCUT2D eigenvalue weighted by molar-refractivity contribution is 7.99. The number of aliphatic hydroxyl groups is 1. The van der Waals surface area contributed by atoms with Crippen LogP contribution in [0.5, 0.6) is 0 Å². The van der Waals surface area contributed by atoms with Gasteiger partial charge in [0.1, 0.15) is 0 Å². The molecule has 82 valence electrons. The van der Waals surface area contributed by atoms with Crippen molar-refractivity contribution in [3.8, 4) is 12.3 Å². The van der Waals surface area contributed by atoms with Crippen molar-refractivity contribution < 1.29 is 5.11 Å². The highest BCUT2D eigenvalue weighted by Crippen LogP contribution is 2.12. The minimum absolute atomic E-state index is 0.531. The summed E-state index contributed by atoms with van der Waals surface area (Å²) < 4.78 is 0. The van der Waals surface area contributed by atoms with E-state index in [-0.39, 0.29) is 0 Å². The molecular weight excluding hydrogens is 194 g/mol. The Kier molecular flexibility index (Phi) is 8.07. The first-order valence-corrected chi connectivity index (χ1v) is 6.28. The Morgan fingerprint density at radius 2 is 2.07 bits per heavy atom. The van der Waals surface area contributed by atoms with Crippen LogP contribution in [0.1, 0.15) is 26.7 Å². The van der Waals surface area contributed by atoms with Crippen LogP contribution in [0, 0.1) is 12.3 Å². The first-order valence-electron chi connectivity index (χ1n) is 5.13. The van der Waals surface area contributed by atoms with Crippen molar-refractivity contribution in [2.75, 3.05) is 24.6 Å². The lowest BCUT2D eigenvalue weighted by molar-refractivity contribution is 0.0332. The average Bonchev–Trinajstić information content (AvgIpc) is 2.23. The van der Waals surface area contributed by atoms with Crippen LogP contribution in [0.2, 0.25) is 0 Å². The van der Waals surface area contributed by atoms with Crippen LogP contribution >= 0.6 is 11.8 Å². The van der Waals surface area contributed by atoms with E-state index in [1.165, 1.54) is 0 Å². The van der Waals surface area contributed by atoms with Crippen molar-refractivity contribution in [3.63, 3.8) is 0 Å². The zero-order valence-electron chi connectivity index (χ0n) is 9.18. The van der Waals surface area contributed by atoms with Gasteiger partial charge in [0.05, 0.1) is 11.4 Å². The number of terminal acetylenes is 1. The van der Waals surface area contributed by atoms with Gasteiger partial charge in [0.2, 0.25) is 0 Å². The Morgan fingerprint density at radius 3 is 2.57 bits per heavy atom. The average molecular weight is 215 g/mol. The highest BCUT2D eigenvalue weighted by atomic mass is 32.2. The normalized spacial score (nSPS) is 11.3. The van der Waals surface area contributed by atoms with E-state index in [1.54, 1.807) is 11.8 Å². The van der Waals surface area contributed by atoms with Gasteiger partial charge in [0.25, 0.3) is 0 Å². The molecule has 0 heterocycles. The first kappa shape index (κ1) is 13.8. The van der Waals surface area contributed by atoms with Crippen LogP contribution < -0.4 is 5.32 Å². The predicted molar refractivity (Wildman–Crippen MR) is 64.6 cm³/mol. The number of nitrogens with one attached hydrogen (secondary N) is 1. The van der Waals surface area contributed by atoms with Gasteiger partial charge in [-0.25, -0.2) is 0 Å². The maximum Gasteiger partial charge on any atom is 0.0766 e. The van der Waals surface area contributed by atoms with Gasteiger partial charge >= 0.3 is 0 Å². The molecule has 0 unspecified atom stereocenters. The van der Waals surface area contributed by atoms with Crippen molar-refractivity contribution >= 4 is 11.8 Å². The smallest absolute Gasteiger partial charge is 0.0766 e. The molecule has 0 aliphatic carbocycles. The molecule has 2 N–H and O–H groups in total. The van der Waals surface area contributed by atoms with E-state index in [1.807, 2.05) is 13.8 Å². The van der Waals surface area contributed by atoms with Crippen molar-refractivity contribution in [2.24, 2.45) is 0 Å². The van der Waals surface area contributed by atoms with Gasteiger partial charge in [-0.05, 0) is 12.8 Å². The fourth-order valence-corrected chi connectivity index (χ4v) is 1.65. The summed E-state index contributed by atoms with van der Waals surface area (Å²) in [6.45, 7) is 5.61. The third-order valence-corrected chi connectivity index (χ3v) is 3.24. The van der Waals surface area contributed by atoms with Crippen LogP contribution in [0.25, 0.3) is 0 Å². The summed E-state index contributed by atoms with van der Waals surface area (Å²) in [5, 5.41) is 13.2. The van der Waals surface area contributed by atoms with Crippen LogP contribution in [0.15, 0.2) is 0 Å². The summed E-state index contributed by atoms with van der Waals surface area (Å²) in [5.41, 5.74) is -0.531. The fraction of sp³-hybridized carbons (Fsp3) is 0.818. The van der Waals surface area contributed by atoms with Crippen molar-refractivity contribution in [2.45, 2.75) is 32.3 Å². The maximum absolute atomic E-state index is 9.93. The molecule has 0 saturated heterocycles. The Morgan fingerprint density at radius 1 is 1.43 bits per heavy atom. The van der Waals surface area contributed by atoms with Crippen LogP contribution in [-0.2, 0) is 0 Å². The molecule has 0 aromatic carbocycles. The largest absolute Gasteiger partial charge is 0.389 e. The quantitative estimate of drug-likeness (QED) is 0.475.